The van der Waals surface area contributed by atoms with Crippen LogP contribution < -0.4 is 5.73 Å². The smallest absolute Gasteiger partial charge is 0.105 e. The second kappa shape index (κ2) is 4.39. The van der Waals surface area contributed by atoms with Crippen molar-refractivity contribution in [2.24, 2.45) is 0 Å². The number of hydrogen-bond donors (Lipinski definition) is 1. The average molecular weight is 258 g/mol. The lowest BCUT2D eigenvalue weighted by atomic mass is 10.3. The normalized spacial score (nSPS) is 10.8. The Bertz CT molecular complexity index is 647. The molecule has 0 unspecified atom stereocenters. The quantitative estimate of drug-likeness (QED) is 0.705. The summed E-state index contributed by atoms with van der Waals surface area (Å²) in [6, 6.07) is 14.4. The summed E-state index contributed by atoms with van der Waals surface area (Å²) in [7, 11) is 0. The Kier molecular flexibility index (Phi) is 2.74. The fraction of sp³-hybridized carbons (Fsp3) is 0. The fourth-order valence-electron chi connectivity index (χ4n) is 1.64. The van der Waals surface area contributed by atoms with Crippen molar-refractivity contribution in [2.45, 2.75) is 9.79 Å². The minimum atomic E-state index is 0.776. The number of thiazole rings is 1. The van der Waals surface area contributed by atoms with Crippen LogP contribution in [0.3, 0.4) is 0 Å². The van der Waals surface area contributed by atoms with Crippen LogP contribution >= 0.6 is 23.1 Å². The van der Waals surface area contributed by atoms with Gasteiger partial charge in [-0.05, 0) is 24.3 Å². The van der Waals surface area contributed by atoms with E-state index in [-0.39, 0.29) is 0 Å². The van der Waals surface area contributed by atoms with E-state index < -0.39 is 0 Å². The van der Waals surface area contributed by atoms with Crippen molar-refractivity contribution in [1.29, 1.82) is 0 Å². The Labute approximate surface area is 107 Å². The van der Waals surface area contributed by atoms with Crippen molar-refractivity contribution in [3.05, 3.63) is 48.0 Å². The maximum absolute atomic E-state index is 6.13. The lowest BCUT2D eigenvalue weighted by Crippen LogP contribution is -1.89. The van der Waals surface area contributed by atoms with Gasteiger partial charge >= 0.3 is 0 Å². The number of nitrogen functional groups attached to an aromatic ring is 1. The van der Waals surface area contributed by atoms with Gasteiger partial charge in [0.15, 0.2) is 0 Å². The highest BCUT2D eigenvalue weighted by atomic mass is 32.2. The third-order valence-corrected chi connectivity index (χ3v) is 4.35. The molecule has 0 fully saturated rings. The second-order valence-electron chi connectivity index (χ2n) is 3.59. The number of anilines is 1. The van der Waals surface area contributed by atoms with Gasteiger partial charge in [-0.1, -0.05) is 30.0 Å². The largest absolute Gasteiger partial charge is 0.396 e. The molecule has 0 saturated heterocycles. The van der Waals surface area contributed by atoms with Gasteiger partial charge < -0.3 is 5.73 Å². The first-order valence-electron chi connectivity index (χ1n) is 5.19. The summed E-state index contributed by atoms with van der Waals surface area (Å²) in [5, 5.41) is 0. The van der Waals surface area contributed by atoms with Crippen LogP contribution in [0.25, 0.3) is 10.2 Å². The van der Waals surface area contributed by atoms with Crippen LogP contribution in [-0.2, 0) is 0 Å². The van der Waals surface area contributed by atoms with Gasteiger partial charge in [-0.15, -0.1) is 11.3 Å². The summed E-state index contributed by atoms with van der Waals surface area (Å²) in [6.07, 6.45) is 0. The van der Waals surface area contributed by atoms with E-state index in [0.29, 0.717) is 0 Å². The molecule has 0 aliphatic carbocycles. The maximum Gasteiger partial charge on any atom is 0.105 e. The number of hydrogen-bond acceptors (Lipinski definition) is 4. The predicted molar refractivity (Wildman–Crippen MR) is 74.6 cm³/mol. The molecule has 0 amide bonds. The van der Waals surface area contributed by atoms with E-state index in [1.807, 2.05) is 23.7 Å². The molecule has 1 aromatic heterocycles. The first-order valence-corrected chi connectivity index (χ1v) is 6.89. The molecular formula is C13H10N2S2. The minimum Gasteiger partial charge on any atom is -0.396 e. The molecular weight excluding hydrogens is 248 g/mol. The van der Waals surface area contributed by atoms with Crippen LogP contribution in [0.1, 0.15) is 0 Å². The second-order valence-corrected chi connectivity index (χ2v) is 5.59. The van der Waals surface area contributed by atoms with E-state index in [1.54, 1.807) is 23.1 Å². The molecule has 0 aliphatic heterocycles. The van der Waals surface area contributed by atoms with Gasteiger partial charge in [-0.25, -0.2) is 4.98 Å². The van der Waals surface area contributed by atoms with E-state index in [9.17, 15) is 0 Å². The summed E-state index contributed by atoms with van der Waals surface area (Å²) in [4.78, 5) is 6.55. The molecule has 0 radical (unpaired) electrons. The van der Waals surface area contributed by atoms with Crippen molar-refractivity contribution in [3.8, 4) is 0 Å². The molecule has 0 aliphatic rings. The Hall–Kier alpha value is -1.52. The van der Waals surface area contributed by atoms with Gasteiger partial charge in [-0.3, -0.25) is 0 Å². The Morgan fingerprint density at radius 1 is 1.06 bits per heavy atom. The molecule has 3 aromatic rings. The molecule has 0 bridgehead atoms. The van der Waals surface area contributed by atoms with Crippen molar-refractivity contribution < 1.29 is 0 Å². The summed E-state index contributed by atoms with van der Waals surface area (Å²) in [5.41, 5.74) is 9.65. The molecule has 0 saturated carbocycles. The number of nitrogens with zero attached hydrogens (tertiary/aromatic N) is 1. The van der Waals surface area contributed by atoms with Crippen molar-refractivity contribution in [3.63, 3.8) is 0 Å². The summed E-state index contributed by atoms with van der Waals surface area (Å²) in [5.74, 6) is 0. The first kappa shape index (κ1) is 10.6. The fourth-order valence-corrected chi connectivity index (χ4v) is 3.22. The van der Waals surface area contributed by atoms with Crippen LogP contribution in [-0.4, -0.2) is 4.98 Å². The highest BCUT2D eigenvalue weighted by Gasteiger charge is 2.07. The minimum absolute atomic E-state index is 0.776. The lowest BCUT2D eigenvalue weighted by Gasteiger charge is -2.05. The SMILES string of the molecule is Nc1c(Sc2ccccc2)ccc2scnc12. The van der Waals surface area contributed by atoms with E-state index in [4.69, 9.17) is 5.73 Å². The van der Waals surface area contributed by atoms with Crippen molar-refractivity contribution in [2.75, 3.05) is 5.73 Å². The highest BCUT2D eigenvalue weighted by Crippen LogP contribution is 2.36. The molecule has 0 atom stereocenters. The molecule has 2 N–H and O–H groups in total. The van der Waals surface area contributed by atoms with E-state index >= 15 is 0 Å². The number of nitrogens with two attached hydrogens (primary N) is 1. The summed E-state index contributed by atoms with van der Waals surface area (Å²) >= 11 is 3.29. The molecule has 84 valence electrons. The van der Waals surface area contributed by atoms with Crippen LogP contribution in [0.15, 0.2) is 57.8 Å². The average Bonchev–Trinajstić information content (AvgIpc) is 2.83. The third-order valence-electron chi connectivity index (χ3n) is 2.47. The molecule has 2 nitrogen and oxygen atoms in total. The molecule has 1 heterocycles. The van der Waals surface area contributed by atoms with Crippen molar-refractivity contribution >= 4 is 39.0 Å². The van der Waals surface area contributed by atoms with E-state index in [1.165, 1.54) is 4.90 Å². The Morgan fingerprint density at radius 2 is 1.88 bits per heavy atom. The zero-order valence-electron chi connectivity index (χ0n) is 8.96. The summed E-state index contributed by atoms with van der Waals surface area (Å²) in [6.45, 7) is 0. The number of fused-ring (bicyclic) bond motifs is 1. The van der Waals surface area contributed by atoms with Gasteiger partial charge in [0.05, 0.1) is 15.9 Å². The Balaban J connectivity index is 2.03. The standard InChI is InChI=1S/C13H10N2S2/c14-12-10(17-9-4-2-1-3-5-9)6-7-11-13(12)15-8-16-11/h1-8H,14H2. The van der Waals surface area contributed by atoms with Crippen LogP contribution in [0, 0.1) is 0 Å². The van der Waals surface area contributed by atoms with Gasteiger partial charge in [-0.2, -0.15) is 0 Å². The van der Waals surface area contributed by atoms with E-state index in [2.05, 4.69) is 29.2 Å². The van der Waals surface area contributed by atoms with Crippen LogP contribution in [0.5, 0.6) is 0 Å². The number of rotatable bonds is 2. The Morgan fingerprint density at radius 3 is 2.71 bits per heavy atom. The van der Waals surface area contributed by atoms with Crippen molar-refractivity contribution in [1.82, 2.24) is 4.98 Å². The van der Waals surface area contributed by atoms with Crippen LogP contribution in [0.2, 0.25) is 0 Å². The predicted octanol–water partition coefficient (Wildman–Crippen LogP) is 4.03. The van der Waals surface area contributed by atoms with Crippen LogP contribution in [0.4, 0.5) is 5.69 Å². The lowest BCUT2D eigenvalue weighted by molar-refractivity contribution is 1.41. The molecule has 17 heavy (non-hydrogen) atoms. The third kappa shape index (κ3) is 2.01. The molecule has 4 heteroatoms. The zero-order chi connectivity index (χ0) is 11.7. The first-order chi connectivity index (χ1) is 8.34. The number of aromatic nitrogens is 1. The molecule has 3 rings (SSSR count). The molecule has 2 aromatic carbocycles. The van der Waals surface area contributed by atoms with Gasteiger partial charge in [0, 0.05) is 9.79 Å². The van der Waals surface area contributed by atoms with Gasteiger partial charge in [0.25, 0.3) is 0 Å². The highest BCUT2D eigenvalue weighted by molar-refractivity contribution is 7.99. The maximum atomic E-state index is 6.13. The van der Waals surface area contributed by atoms with E-state index in [0.717, 1.165) is 20.8 Å². The van der Waals surface area contributed by atoms with Gasteiger partial charge in [0.1, 0.15) is 5.52 Å². The van der Waals surface area contributed by atoms with Gasteiger partial charge in [0.2, 0.25) is 0 Å². The summed E-state index contributed by atoms with van der Waals surface area (Å²) < 4.78 is 1.14. The number of benzene rings is 2. The molecule has 0 spiro atoms. The zero-order valence-corrected chi connectivity index (χ0v) is 10.6. The monoisotopic (exact) mass is 258 g/mol. The topological polar surface area (TPSA) is 38.9 Å².